The second kappa shape index (κ2) is 7.08. The summed E-state index contributed by atoms with van der Waals surface area (Å²) in [6.07, 6.45) is 0.910. The molecule has 0 bridgehead atoms. The Morgan fingerprint density at radius 3 is 2.36 bits per heavy atom. The highest BCUT2D eigenvalue weighted by Gasteiger charge is 2.43. The molecule has 4 atom stereocenters. The Kier molecular flexibility index (Phi) is 5.60. The lowest BCUT2D eigenvalue weighted by molar-refractivity contribution is -0.170. The number of cyclic esters (lactones) is 1. The first-order valence-electron chi connectivity index (χ1n) is 8.16. The maximum Gasteiger partial charge on any atom is 0.309 e. The normalized spacial score (nSPS) is 29.2. The predicted molar refractivity (Wildman–Crippen MR) is 92.9 cm³/mol. The Balaban J connectivity index is 2.12. The van der Waals surface area contributed by atoms with E-state index in [1.807, 2.05) is 24.8 Å². The number of esters is 1. The van der Waals surface area contributed by atoms with Crippen molar-refractivity contribution in [2.24, 2.45) is 23.2 Å². The summed E-state index contributed by atoms with van der Waals surface area (Å²) in [6.45, 7) is 10.8. The second-order valence-corrected chi connectivity index (χ2v) is 8.75. The molecule has 122 valence electrons. The van der Waals surface area contributed by atoms with Gasteiger partial charge in [0, 0.05) is 10.6 Å². The number of carbonyl (C=O) groups is 1. The van der Waals surface area contributed by atoms with Crippen LogP contribution in [0, 0.1) is 23.2 Å². The maximum absolute atomic E-state index is 12.4. The van der Waals surface area contributed by atoms with Crippen LogP contribution in [0.4, 0.5) is 0 Å². The molecule has 2 nitrogen and oxygen atoms in total. The lowest BCUT2D eigenvalue weighted by Gasteiger charge is -2.41. The molecule has 0 N–H and O–H groups in total. The zero-order valence-electron chi connectivity index (χ0n) is 14.3. The van der Waals surface area contributed by atoms with Gasteiger partial charge in [-0.05, 0) is 42.7 Å². The Bertz CT molecular complexity index is 492. The van der Waals surface area contributed by atoms with Crippen molar-refractivity contribution < 1.29 is 9.53 Å². The second-order valence-electron chi connectivity index (χ2n) is 7.66. The molecule has 22 heavy (non-hydrogen) atoms. The standard InChI is InChI=1S/C19H28O2S/c1-13-14(2)21-18(20)16(11-19(3,4)5)17(13)12-22-15-9-7-6-8-10-15/h6-10,13-14,16-17H,11-12H2,1-5H3/t13-,14+,16+,17-/m1/s1. The molecule has 1 aromatic carbocycles. The Hall–Kier alpha value is -0.960. The summed E-state index contributed by atoms with van der Waals surface area (Å²) in [5.74, 6) is 1.77. The van der Waals surface area contributed by atoms with Crippen molar-refractivity contribution in [1.82, 2.24) is 0 Å². The summed E-state index contributed by atoms with van der Waals surface area (Å²) >= 11 is 1.86. The molecule has 0 saturated carbocycles. The van der Waals surface area contributed by atoms with Crippen LogP contribution in [0.15, 0.2) is 35.2 Å². The van der Waals surface area contributed by atoms with Crippen LogP contribution in [0.3, 0.4) is 0 Å². The van der Waals surface area contributed by atoms with Gasteiger partial charge in [0.05, 0.1) is 5.92 Å². The molecule has 0 aliphatic carbocycles. The van der Waals surface area contributed by atoms with E-state index in [1.54, 1.807) is 0 Å². The third-order valence-electron chi connectivity index (χ3n) is 4.56. The zero-order valence-corrected chi connectivity index (χ0v) is 15.2. The number of rotatable bonds is 4. The summed E-state index contributed by atoms with van der Waals surface area (Å²) in [6, 6.07) is 10.4. The largest absolute Gasteiger partial charge is 0.462 e. The molecule has 1 heterocycles. The van der Waals surface area contributed by atoms with Crippen molar-refractivity contribution in [3.05, 3.63) is 30.3 Å². The highest BCUT2D eigenvalue weighted by Crippen LogP contribution is 2.41. The molecule has 1 fully saturated rings. The molecule has 1 aliphatic heterocycles. The molecule has 3 heteroatoms. The molecule has 0 spiro atoms. The number of benzene rings is 1. The van der Waals surface area contributed by atoms with E-state index in [2.05, 4.69) is 52.0 Å². The fraction of sp³-hybridized carbons (Fsp3) is 0.632. The zero-order chi connectivity index (χ0) is 16.3. The Labute approximate surface area is 139 Å². The van der Waals surface area contributed by atoms with Crippen molar-refractivity contribution in [1.29, 1.82) is 0 Å². The van der Waals surface area contributed by atoms with Crippen LogP contribution in [0.5, 0.6) is 0 Å². The molecule has 1 aliphatic rings. The number of ether oxygens (including phenoxy) is 1. The van der Waals surface area contributed by atoms with E-state index < -0.39 is 0 Å². The summed E-state index contributed by atoms with van der Waals surface area (Å²) in [7, 11) is 0. The number of thioether (sulfide) groups is 1. The van der Waals surface area contributed by atoms with Gasteiger partial charge in [-0.15, -0.1) is 11.8 Å². The van der Waals surface area contributed by atoms with Crippen LogP contribution in [-0.4, -0.2) is 17.8 Å². The first-order valence-corrected chi connectivity index (χ1v) is 9.15. The van der Waals surface area contributed by atoms with Crippen molar-refractivity contribution in [3.63, 3.8) is 0 Å². The third-order valence-corrected chi connectivity index (χ3v) is 5.71. The summed E-state index contributed by atoms with van der Waals surface area (Å²) in [5, 5.41) is 0. The summed E-state index contributed by atoms with van der Waals surface area (Å²) in [5.41, 5.74) is 0.139. The highest BCUT2D eigenvalue weighted by molar-refractivity contribution is 7.99. The van der Waals surface area contributed by atoms with E-state index in [1.165, 1.54) is 4.90 Å². The van der Waals surface area contributed by atoms with Crippen molar-refractivity contribution >= 4 is 17.7 Å². The van der Waals surface area contributed by atoms with Gasteiger partial charge in [0.25, 0.3) is 0 Å². The van der Waals surface area contributed by atoms with Crippen LogP contribution < -0.4 is 0 Å². The quantitative estimate of drug-likeness (QED) is 0.575. The third kappa shape index (κ3) is 4.52. The minimum absolute atomic E-state index is 0.000753. The summed E-state index contributed by atoms with van der Waals surface area (Å²) in [4.78, 5) is 13.7. The number of hydrogen-bond donors (Lipinski definition) is 0. The molecular formula is C19H28O2S. The smallest absolute Gasteiger partial charge is 0.309 e. The Morgan fingerprint density at radius 1 is 1.14 bits per heavy atom. The van der Waals surface area contributed by atoms with E-state index in [-0.39, 0.29) is 23.4 Å². The van der Waals surface area contributed by atoms with Crippen LogP contribution in [0.2, 0.25) is 0 Å². The maximum atomic E-state index is 12.4. The monoisotopic (exact) mass is 320 g/mol. The predicted octanol–water partition coefficient (Wildman–Crippen LogP) is 5.03. The molecular weight excluding hydrogens is 292 g/mol. The van der Waals surface area contributed by atoms with E-state index in [4.69, 9.17) is 4.74 Å². The van der Waals surface area contributed by atoms with Crippen LogP contribution in [0.1, 0.15) is 41.0 Å². The molecule has 0 aromatic heterocycles. The van der Waals surface area contributed by atoms with Crippen LogP contribution in [0.25, 0.3) is 0 Å². The van der Waals surface area contributed by atoms with Gasteiger partial charge in [-0.2, -0.15) is 0 Å². The molecule has 1 saturated heterocycles. The fourth-order valence-corrected chi connectivity index (χ4v) is 4.41. The van der Waals surface area contributed by atoms with E-state index >= 15 is 0 Å². The topological polar surface area (TPSA) is 26.3 Å². The van der Waals surface area contributed by atoms with Crippen LogP contribution in [-0.2, 0) is 9.53 Å². The lowest BCUT2D eigenvalue weighted by atomic mass is 9.72. The molecule has 0 unspecified atom stereocenters. The van der Waals surface area contributed by atoms with E-state index in [0.29, 0.717) is 11.8 Å². The van der Waals surface area contributed by atoms with Gasteiger partial charge in [0.1, 0.15) is 6.10 Å². The highest BCUT2D eigenvalue weighted by atomic mass is 32.2. The molecule has 1 aromatic rings. The number of hydrogen-bond acceptors (Lipinski definition) is 3. The van der Waals surface area contributed by atoms with Gasteiger partial charge < -0.3 is 4.74 Å². The SMILES string of the molecule is C[C@H]1[C@@H](CSc2ccccc2)[C@H](CC(C)(C)C)C(=O)O[C@H]1C. The first-order chi connectivity index (χ1) is 10.3. The van der Waals surface area contributed by atoms with Gasteiger partial charge >= 0.3 is 5.97 Å². The minimum atomic E-state index is -0.000753. The minimum Gasteiger partial charge on any atom is -0.462 e. The molecule has 2 rings (SSSR count). The number of carbonyl (C=O) groups excluding carboxylic acids is 1. The van der Waals surface area contributed by atoms with Gasteiger partial charge in [0.15, 0.2) is 0 Å². The average molecular weight is 320 g/mol. The first kappa shape index (κ1) is 17.4. The summed E-state index contributed by atoms with van der Waals surface area (Å²) < 4.78 is 5.59. The molecule has 0 amide bonds. The average Bonchev–Trinajstić information content (AvgIpc) is 2.44. The fourth-order valence-electron chi connectivity index (χ4n) is 3.14. The van der Waals surface area contributed by atoms with Gasteiger partial charge in [0.2, 0.25) is 0 Å². The van der Waals surface area contributed by atoms with Gasteiger partial charge in [-0.25, -0.2) is 0 Å². The van der Waals surface area contributed by atoms with Crippen LogP contribution >= 0.6 is 11.8 Å². The van der Waals surface area contributed by atoms with Crippen molar-refractivity contribution in [2.45, 2.75) is 52.0 Å². The van der Waals surface area contributed by atoms with Gasteiger partial charge in [-0.3, -0.25) is 4.79 Å². The van der Waals surface area contributed by atoms with Gasteiger partial charge in [-0.1, -0.05) is 45.9 Å². The van der Waals surface area contributed by atoms with Crippen molar-refractivity contribution in [2.75, 3.05) is 5.75 Å². The van der Waals surface area contributed by atoms with Crippen molar-refractivity contribution in [3.8, 4) is 0 Å². The molecule has 0 radical (unpaired) electrons. The van der Waals surface area contributed by atoms with E-state index in [0.717, 1.165) is 12.2 Å². The Morgan fingerprint density at radius 2 is 1.77 bits per heavy atom. The van der Waals surface area contributed by atoms with E-state index in [9.17, 15) is 4.79 Å². The lowest BCUT2D eigenvalue weighted by Crippen LogP contribution is -2.45.